The molecule has 0 spiro atoms. The highest BCUT2D eigenvalue weighted by Crippen LogP contribution is 2.29. The van der Waals surface area contributed by atoms with Crippen molar-refractivity contribution in [2.24, 2.45) is 0 Å². The van der Waals surface area contributed by atoms with Gasteiger partial charge >= 0.3 is 0 Å². The van der Waals surface area contributed by atoms with E-state index in [0.29, 0.717) is 23.7 Å². The number of oxazole rings is 2. The Morgan fingerprint density at radius 1 is 0.727 bits per heavy atom. The van der Waals surface area contributed by atoms with Gasteiger partial charge in [-0.1, -0.05) is 41.5 Å². The first-order valence-electron chi connectivity index (χ1n) is 8.29. The predicted molar refractivity (Wildman–Crippen MR) is 87.2 cm³/mol. The molecule has 2 atom stereocenters. The van der Waals surface area contributed by atoms with Gasteiger partial charge in [-0.25, -0.2) is 9.97 Å². The van der Waals surface area contributed by atoms with E-state index in [2.05, 4.69) is 51.5 Å². The normalized spacial score (nSPS) is 14.7. The molecule has 2 aromatic heterocycles. The average molecular weight is 304 g/mol. The largest absolute Gasteiger partial charge is 0.445 e. The monoisotopic (exact) mass is 304 g/mol. The summed E-state index contributed by atoms with van der Waals surface area (Å²) in [6.45, 7) is 12.8. The zero-order valence-electron chi connectivity index (χ0n) is 14.6. The zero-order valence-corrected chi connectivity index (χ0v) is 14.6. The van der Waals surface area contributed by atoms with Gasteiger partial charge in [0.25, 0.3) is 0 Å². The molecule has 2 heterocycles. The van der Waals surface area contributed by atoms with Crippen molar-refractivity contribution >= 4 is 0 Å². The Kier molecular flexibility index (Phi) is 5.43. The molecule has 0 bridgehead atoms. The van der Waals surface area contributed by atoms with Crippen LogP contribution in [-0.2, 0) is 0 Å². The smallest absolute Gasteiger partial charge is 0.197 e. The zero-order chi connectivity index (χ0) is 16.3. The lowest BCUT2D eigenvalue weighted by atomic mass is 9.98. The molecule has 0 radical (unpaired) electrons. The van der Waals surface area contributed by atoms with Crippen molar-refractivity contribution in [3.63, 3.8) is 0 Å². The molecule has 2 rings (SSSR count). The van der Waals surface area contributed by atoms with Crippen molar-refractivity contribution in [1.29, 1.82) is 0 Å². The van der Waals surface area contributed by atoms with Crippen LogP contribution in [0.2, 0.25) is 0 Å². The van der Waals surface area contributed by atoms with Crippen LogP contribution in [0.1, 0.15) is 101 Å². The van der Waals surface area contributed by atoms with Crippen LogP contribution in [-0.4, -0.2) is 9.97 Å². The first-order chi connectivity index (χ1) is 10.4. The molecular weight excluding hydrogens is 276 g/mol. The van der Waals surface area contributed by atoms with Crippen molar-refractivity contribution in [2.75, 3.05) is 0 Å². The number of hydrogen-bond acceptors (Lipinski definition) is 4. The highest BCUT2D eigenvalue weighted by Gasteiger charge is 2.18. The summed E-state index contributed by atoms with van der Waals surface area (Å²) in [5.41, 5.74) is 0. The Bertz CT molecular complexity index is 531. The molecule has 0 aliphatic carbocycles. The van der Waals surface area contributed by atoms with Gasteiger partial charge in [-0.05, 0) is 12.8 Å². The van der Waals surface area contributed by atoms with E-state index in [1.54, 1.807) is 0 Å². The number of nitrogens with zero attached hydrogens (tertiary/aromatic N) is 2. The fourth-order valence-corrected chi connectivity index (χ4v) is 2.34. The lowest BCUT2D eigenvalue weighted by molar-refractivity contribution is 0.375. The second-order valence-electron chi connectivity index (χ2n) is 6.89. The van der Waals surface area contributed by atoms with Gasteiger partial charge in [0.1, 0.15) is 11.5 Å². The van der Waals surface area contributed by atoms with Crippen LogP contribution in [0.5, 0.6) is 0 Å². The Balaban J connectivity index is 1.90. The van der Waals surface area contributed by atoms with E-state index in [4.69, 9.17) is 8.83 Å². The van der Waals surface area contributed by atoms with Crippen molar-refractivity contribution in [3.8, 4) is 0 Å². The van der Waals surface area contributed by atoms with Crippen LogP contribution in [0.4, 0.5) is 0 Å². The van der Waals surface area contributed by atoms with Crippen LogP contribution >= 0.6 is 0 Å². The van der Waals surface area contributed by atoms with Gasteiger partial charge in [0.05, 0.1) is 12.4 Å². The topological polar surface area (TPSA) is 52.1 Å². The van der Waals surface area contributed by atoms with Crippen LogP contribution in [0.15, 0.2) is 21.2 Å². The lowest BCUT2D eigenvalue weighted by Gasteiger charge is -2.11. The summed E-state index contributed by atoms with van der Waals surface area (Å²) in [4.78, 5) is 8.82. The summed E-state index contributed by atoms with van der Waals surface area (Å²) in [6.07, 6.45) is 5.73. The van der Waals surface area contributed by atoms with Crippen molar-refractivity contribution in [2.45, 2.75) is 78.1 Å². The fraction of sp³-hybridized carbons (Fsp3) is 0.667. The average Bonchev–Trinajstić information content (AvgIpc) is 3.12. The standard InChI is InChI=1S/C18H28N2O2/c1-11(2)15-9-19-17(21-15)13(5)7-8-14(6)18-20-10-16(22-18)12(3)4/h9-14H,7-8H2,1-6H3. The molecule has 0 fully saturated rings. The molecule has 0 aliphatic heterocycles. The minimum absolute atomic E-state index is 0.314. The van der Waals surface area contributed by atoms with Crippen LogP contribution in [0, 0.1) is 0 Å². The SMILES string of the molecule is CC(C)c1cnc(C(C)CCC(C)c2ncc(C(C)C)o2)o1. The highest BCUT2D eigenvalue weighted by atomic mass is 16.4. The van der Waals surface area contributed by atoms with Gasteiger partial charge in [0.2, 0.25) is 0 Å². The molecule has 122 valence electrons. The molecule has 4 heteroatoms. The van der Waals surface area contributed by atoms with E-state index in [9.17, 15) is 0 Å². The molecule has 2 unspecified atom stereocenters. The third-order valence-corrected chi connectivity index (χ3v) is 4.10. The summed E-state index contributed by atoms with van der Waals surface area (Å²) in [7, 11) is 0. The van der Waals surface area contributed by atoms with Crippen LogP contribution in [0.25, 0.3) is 0 Å². The molecule has 0 aliphatic rings. The van der Waals surface area contributed by atoms with E-state index in [0.717, 1.165) is 36.1 Å². The summed E-state index contributed by atoms with van der Waals surface area (Å²) >= 11 is 0. The maximum atomic E-state index is 5.83. The second-order valence-corrected chi connectivity index (χ2v) is 6.89. The summed E-state index contributed by atoms with van der Waals surface area (Å²) < 4.78 is 11.7. The molecule has 0 saturated heterocycles. The minimum atomic E-state index is 0.314. The predicted octanol–water partition coefficient (Wildman–Crippen LogP) is 5.60. The molecule has 0 saturated carbocycles. The van der Waals surface area contributed by atoms with E-state index in [1.165, 1.54) is 0 Å². The molecule has 0 amide bonds. The van der Waals surface area contributed by atoms with E-state index < -0.39 is 0 Å². The third-order valence-electron chi connectivity index (χ3n) is 4.10. The fourth-order valence-electron chi connectivity index (χ4n) is 2.34. The number of rotatable bonds is 7. The van der Waals surface area contributed by atoms with Gasteiger partial charge < -0.3 is 8.83 Å². The Hall–Kier alpha value is -1.58. The van der Waals surface area contributed by atoms with E-state index >= 15 is 0 Å². The van der Waals surface area contributed by atoms with Crippen molar-refractivity contribution in [3.05, 3.63) is 35.7 Å². The van der Waals surface area contributed by atoms with E-state index in [-0.39, 0.29) is 0 Å². The van der Waals surface area contributed by atoms with Gasteiger partial charge in [-0.15, -0.1) is 0 Å². The Labute approximate surface area is 133 Å². The molecular formula is C18H28N2O2. The summed E-state index contributed by atoms with van der Waals surface area (Å²) in [6, 6.07) is 0. The van der Waals surface area contributed by atoms with Crippen LogP contribution < -0.4 is 0 Å². The molecule has 0 N–H and O–H groups in total. The minimum Gasteiger partial charge on any atom is -0.445 e. The summed E-state index contributed by atoms with van der Waals surface area (Å²) in [5, 5.41) is 0. The third kappa shape index (κ3) is 3.99. The van der Waals surface area contributed by atoms with Crippen LogP contribution in [0.3, 0.4) is 0 Å². The Morgan fingerprint density at radius 3 is 1.36 bits per heavy atom. The van der Waals surface area contributed by atoms with Gasteiger partial charge in [-0.3, -0.25) is 0 Å². The Morgan fingerprint density at radius 2 is 1.09 bits per heavy atom. The molecule has 4 nitrogen and oxygen atoms in total. The number of hydrogen-bond donors (Lipinski definition) is 0. The quantitative estimate of drug-likeness (QED) is 0.668. The van der Waals surface area contributed by atoms with Gasteiger partial charge in [-0.2, -0.15) is 0 Å². The summed E-state index contributed by atoms with van der Waals surface area (Å²) in [5.74, 6) is 5.00. The molecule has 0 aromatic carbocycles. The highest BCUT2D eigenvalue weighted by molar-refractivity contribution is 5.04. The van der Waals surface area contributed by atoms with Crippen molar-refractivity contribution in [1.82, 2.24) is 9.97 Å². The first-order valence-corrected chi connectivity index (χ1v) is 8.29. The lowest BCUT2D eigenvalue weighted by Crippen LogP contribution is -1.99. The second kappa shape index (κ2) is 7.12. The van der Waals surface area contributed by atoms with Crippen molar-refractivity contribution < 1.29 is 8.83 Å². The molecule has 22 heavy (non-hydrogen) atoms. The number of aromatic nitrogens is 2. The molecule has 2 aromatic rings. The first kappa shape index (κ1) is 16.8. The van der Waals surface area contributed by atoms with Gasteiger partial charge in [0.15, 0.2) is 11.8 Å². The van der Waals surface area contributed by atoms with Gasteiger partial charge in [0, 0.05) is 23.7 Å². The van der Waals surface area contributed by atoms with E-state index in [1.807, 2.05) is 12.4 Å². The maximum Gasteiger partial charge on any atom is 0.197 e. The maximum absolute atomic E-state index is 5.83.